The van der Waals surface area contributed by atoms with Gasteiger partial charge < -0.3 is 48.9 Å². The summed E-state index contributed by atoms with van der Waals surface area (Å²) >= 11 is 24.6. The molecule has 3 amide bonds. The lowest BCUT2D eigenvalue weighted by Gasteiger charge is -2.40. The summed E-state index contributed by atoms with van der Waals surface area (Å²) in [5, 5.41) is 7.95. The van der Waals surface area contributed by atoms with Crippen molar-refractivity contribution in [3.63, 3.8) is 0 Å². The fourth-order valence-corrected chi connectivity index (χ4v) is 49.2. The lowest BCUT2D eigenvalue weighted by Crippen LogP contribution is -2.33. The quantitative estimate of drug-likeness (QED) is 0.0883. The highest BCUT2D eigenvalue weighted by Crippen LogP contribution is 3.04. The standard InChI is InChI=1S/C14H14O2P2S4.C12H13FN2O3.C12H13FN2O2S.2C5H11NO.I2/c1-15-11-3-7-13(8-4-11)17(19)21-18(20,22-17)14-9-5-12(16-2)6-10-14;1-8(16)14-6-11-7-15(12(17)18-11)10-4-2-3-9(13)5-10;1-8(18)14-6-11-7-15(12(16)17-11)10-4-2-3-9(13)5-10;2*1-6-2-4-7-5-3-6;1-2/h3-10H,1-2H3;2-5,11H,6-7H2,1H3,(H,14,16);2-5,11H,6-7H2,1H3,(H,14,18);2*2-5H2,1H3;. The number of morpholine rings is 2. The van der Waals surface area contributed by atoms with Gasteiger partial charge in [0.25, 0.3) is 0 Å². The molecule has 9 rings (SSSR count). The molecule has 4 aromatic carbocycles. The number of halogens is 4. The number of likely N-dealkylation sites (N-methyl/N-ethyl adjacent to an activating group) is 2. The minimum absolute atomic E-state index is 0.185. The van der Waals surface area contributed by atoms with Crippen molar-refractivity contribution >= 4 is 149 Å². The Balaban J connectivity index is 0.000000210. The van der Waals surface area contributed by atoms with Crippen LogP contribution in [0.2, 0.25) is 0 Å². The molecular formula is C48H62F2I2N6O9P2S5. The van der Waals surface area contributed by atoms with Crippen molar-refractivity contribution in [3.8, 4) is 11.5 Å². The Morgan fingerprint density at radius 1 is 0.662 bits per heavy atom. The second-order valence-corrected chi connectivity index (χ2v) is 38.4. The van der Waals surface area contributed by atoms with Gasteiger partial charge in [-0.2, -0.15) is 0 Å². The molecule has 5 aliphatic heterocycles. The van der Waals surface area contributed by atoms with Crippen LogP contribution >= 0.6 is 80.3 Å². The Hall–Kier alpha value is -2.46. The van der Waals surface area contributed by atoms with E-state index in [1.807, 2.05) is 46.3 Å². The summed E-state index contributed by atoms with van der Waals surface area (Å²) in [6, 6.07) is 27.8. The number of cyclic esters (lactones) is 2. The van der Waals surface area contributed by atoms with Crippen LogP contribution in [-0.4, -0.2) is 152 Å². The molecule has 4 aromatic rings. The molecule has 406 valence electrons. The summed E-state index contributed by atoms with van der Waals surface area (Å²) in [4.78, 5) is 42.0. The van der Waals surface area contributed by atoms with Gasteiger partial charge in [0.2, 0.25) is 5.91 Å². The highest BCUT2D eigenvalue weighted by molar-refractivity contribution is 15.0. The van der Waals surface area contributed by atoms with Crippen LogP contribution in [0, 0.1) is 11.6 Å². The van der Waals surface area contributed by atoms with E-state index in [0.717, 1.165) is 64.1 Å². The number of methoxy groups -OCH3 is 2. The van der Waals surface area contributed by atoms with E-state index in [2.05, 4.69) is 96.0 Å². The van der Waals surface area contributed by atoms with E-state index in [4.69, 9.17) is 64.3 Å². The highest BCUT2D eigenvalue weighted by atomic mass is 128. The van der Waals surface area contributed by atoms with Crippen LogP contribution in [0.25, 0.3) is 0 Å². The van der Waals surface area contributed by atoms with Crippen molar-refractivity contribution in [1.29, 1.82) is 0 Å². The molecule has 0 bridgehead atoms. The van der Waals surface area contributed by atoms with Crippen LogP contribution in [0.3, 0.4) is 0 Å². The molecule has 5 aliphatic rings. The molecule has 0 radical (unpaired) electrons. The van der Waals surface area contributed by atoms with Gasteiger partial charge in [-0.15, -0.1) is 0 Å². The van der Waals surface area contributed by atoms with E-state index in [1.54, 1.807) is 39.3 Å². The predicted molar refractivity (Wildman–Crippen MR) is 327 cm³/mol. The van der Waals surface area contributed by atoms with E-state index in [9.17, 15) is 23.2 Å². The average Bonchev–Trinajstić information content (AvgIpc) is 3.97. The van der Waals surface area contributed by atoms with Crippen LogP contribution < -0.4 is 40.5 Å². The molecule has 26 heteroatoms. The molecule has 0 aromatic heterocycles. The number of carbonyl (C=O) groups excluding carboxylic acids is 3. The fourth-order valence-electron chi connectivity index (χ4n) is 6.80. The molecule has 74 heavy (non-hydrogen) atoms. The normalized spacial score (nSPS) is 22.0. The van der Waals surface area contributed by atoms with Gasteiger partial charge in [0, 0.05) is 80.9 Å². The summed E-state index contributed by atoms with van der Waals surface area (Å²) in [5.74, 6) is 0.739. The van der Waals surface area contributed by atoms with E-state index >= 15 is 0 Å². The minimum Gasteiger partial charge on any atom is -0.497 e. The number of benzene rings is 4. The molecule has 0 saturated carbocycles. The van der Waals surface area contributed by atoms with Crippen molar-refractivity contribution in [2.75, 3.05) is 117 Å². The Bertz CT molecular complexity index is 2340. The maximum atomic E-state index is 13.1. The van der Waals surface area contributed by atoms with Gasteiger partial charge in [-0.1, -0.05) is 70.0 Å². The van der Waals surface area contributed by atoms with Crippen molar-refractivity contribution in [3.05, 3.63) is 109 Å². The van der Waals surface area contributed by atoms with Gasteiger partial charge in [-0.3, -0.25) is 14.6 Å². The zero-order valence-corrected chi connectivity index (χ0v) is 52.0. The molecule has 0 spiro atoms. The molecule has 5 heterocycles. The van der Waals surface area contributed by atoms with Crippen LogP contribution in [0.15, 0.2) is 97.1 Å². The number of nitrogens with zero attached hydrogens (tertiary/aromatic N) is 4. The van der Waals surface area contributed by atoms with Gasteiger partial charge in [-0.05, 0) is 106 Å². The molecule has 5 saturated heterocycles. The Kier molecular flexibility index (Phi) is 28.6. The van der Waals surface area contributed by atoms with E-state index in [1.165, 1.54) is 57.7 Å². The van der Waals surface area contributed by atoms with Gasteiger partial charge in [0.15, 0.2) is 0 Å². The highest BCUT2D eigenvalue weighted by Gasteiger charge is 2.46. The van der Waals surface area contributed by atoms with Gasteiger partial charge in [0.1, 0.15) is 35.3 Å². The van der Waals surface area contributed by atoms with Crippen LogP contribution in [-0.2, 0) is 47.4 Å². The lowest BCUT2D eigenvalue weighted by molar-refractivity contribution is -0.119. The first-order valence-electron chi connectivity index (χ1n) is 23.0. The second kappa shape index (κ2) is 33.1. The Morgan fingerprint density at radius 2 is 1.03 bits per heavy atom. The number of ether oxygens (including phenoxy) is 6. The molecule has 2 atom stereocenters. The third kappa shape index (κ3) is 21.4. The molecular weight excluding hydrogens is 1320 g/mol. The van der Waals surface area contributed by atoms with Crippen molar-refractivity contribution in [1.82, 2.24) is 20.4 Å². The maximum Gasteiger partial charge on any atom is 0.414 e. The number of hydrogen-bond acceptors (Lipinski definition) is 16. The van der Waals surface area contributed by atoms with E-state index in [-0.39, 0.29) is 24.4 Å². The number of carbonyl (C=O) groups is 3. The maximum absolute atomic E-state index is 13.1. The molecule has 0 aliphatic carbocycles. The van der Waals surface area contributed by atoms with Crippen molar-refractivity contribution in [2.45, 2.75) is 26.1 Å². The monoisotopic (exact) mass is 1380 g/mol. The Labute approximate surface area is 479 Å². The lowest BCUT2D eigenvalue weighted by atomic mass is 10.2. The molecule has 5 fully saturated rings. The zero-order chi connectivity index (χ0) is 54.3. The van der Waals surface area contributed by atoms with E-state index < -0.39 is 33.0 Å². The SMILES string of the molecule is CC(=O)NCC1CN(c2cccc(F)c2)C(=O)O1.CC(=S)NCC1CN(c2cccc(F)c2)C(=O)O1.CN1CCOCC1.CN1CCOCC1.COc1ccc(P2(=S)SP(=S)(c3ccc(OC)cc3)S2)cc1.II. The van der Waals surface area contributed by atoms with Crippen LogP contribution in [0.5, 0.6) is 11.5 Å². The topological polar surface area (TPSA) is 144 Å². The largest absolute Gasteiger partial charge is 0.497 e. The van der Waals surface area contributed by atoms with Crippen molar-refractivity contribution < 1.29 is 51.6 Å². The molecule has 2 N–H and O–H groups in total. The third-order valence-electron chi connectivity index (χ3n) is 10.8. The first kappa shape index (κ1) is 64.1. The smallest absolute Gasteiger partial charge is 0.414 e. The Morgan fingerprint density at radius 3 is 1.32 bits per heavy atom. The minimum atomic E-state index is -1.66. The van der Waals surface area contributed by atoms with Gasteiger partial charge in [-0.25, -0.2) is 18.4 Å². The van der Waals surface area contributed by atoms with Crippen molar-refractivity contribution in [2.24, 2.45) is 0 Å². The number of thiocarbonyl (C=S) groups is 1. The summed E-state index contributed by atoms with van der Waals surface area (Å²) in [7, 11) is 7.57. The fraction of sp³-hybridized carbons (Fsp3) is 0.417. The summed E-state index contributed by atoms with van der Waals surface area (Å²) in [6.07, 6.45) is -1.69. The number of nitrogens with one attached hydrogen (secondary N) is 2. The average molecular weight is 1380 g/mol. The zero-order valence-electron chi connectivity index (χ0n) is 41.8. The van der Waals surface area contributed by atoms with Crippen LogP contribution in [0.1, 0.15) is 13.8 Å². The summed E-state index contributed by atoms with van der Waals surface area (Å²) < 4.78 is 53.7. The number of amides is 3. The number of anilines is 2. The predicted octanol–water partition coefficient (Wildman–Crippen LogP) is 9.80. The molecule has 2 unspecified atom stereocenters. The van der Waals surface area contributed by atoms with Gasteiger partial charge >= 0.3 is 12.2 Å². The number of rotatable bonds is 10. The summed E-state index contributed by atoms with van der Waals surface area (Å²) in [5.41, 5.74) is 0.951. The first-order valence-corrected chi connectivity index (χ1v) is 39.3. The second-order valence-electron chi connectivity index (χ2n) is 16.5. The first-order chi connectivity index (χ1) is 35.4. The third-order valence-corrected chi connectivity index (χ3v) is 42.2. The van der Waals surface area contributed by atoms with E-state index in [0.29, 0.717) is 36.0 Å². The van der Waals surface area contributed by atoms with Crippen LogP contribution in [0.4, 0.5) is 29.7 Å². The summed E-state index contributed by atoms with van der Waals surface area (Å²) in [6.45, 7) is 12.6. The molecule has 15 nitrogen and oxygen atoms in total. The van der Waals surface area contributed by atoms with Gasteiger partial charge in [0.05, 0.1) is 92.1 Å². The number of hydrogen-bond donors (Lipinski definition) is 2.